The van der Waals surface area contributed by atoms with Crippen molar-refractivity contribution in [3.05, 3.63) is 35.4 Å². The minimum absolute atomic E-state index is 0. The second-order valence-electron chi connectivity index (χ2n) is 7.40. The van der Waals surface area contributed by atoms with E-state index >= 15 is 0 Å². The summed E-state index contributed by atoms with van der Waals surface area (Å²) in [5, 5.41) is 6.71. The number of nitrogens with one attached hydrogen (secondary N) is 2. The summed E-state index contributed by atoms with van der Waals surface area (Å²) in [4.78, 5) is 12.3. The van der Waals surface area contributed by atoms with Crippen molar-refractivity contribution in [1.82, 2.24) is 10.6 Å². The largest absolute Gasteiger partial charge is 0.354 e. The Kier molecular flexibility index (Phi) is 5.27. The third-order valence-electron chi connectivity index (χ3n) is 6.05. The Labute approximate surface area is 145 Å². The van der Waals surface area contributed by atoms with E-state index in [1.807, 2.05) is 0 Å². The molecule has 2 bridgehead atoms. The number of carbonyl (C=O) groups is 1. The number of amides is 1. The van der Waals surface area contributed by atoms with Gasteiger partial charge in [0.2, 0.25) is 5.91 Å². The molecule has 3 aliphatic rings. The summed E-state index contributed by atoms with van der Waals surface area (Å²) in [5.41, 5.74) is 2.78. The van der Waals surface area contributed by atoms with Crippen LogP contribution in [0, 0.1) is 17.8 Å². The van der Waals surface area contributed by atoms with Crippen LogP contribution in [-0.2, 0) is 11.2 Å². The van der Waals surface area contributed by atoms with Crippen LogP contribution in [0.3, 0.4) is 0 Å². The normalized spacial score (nSPS) is 31.3. The van der Waals surface area contributed by atoms with Gasteiger partial charge in [-0.25, -0.2) is 0 Å². The minimum Gasteiger partial charge on any atom is -0.354 e. The molecule has 1 aromatic carbocycles. The van der Waals surface area contributed by atoms with Crippen LogP contribution in [-0.4, -0.2) is 19.0 Å². The van der Waals surface area contributed by atoms with Crippen molar-refractivity contribution in [2.24, 2.45) is 17.8 Å². The van der Waals surface area contributed by atoms with Gasteiger partial charge in [0.25, 0.3) is 0 Å². The lowest BCUT2D eigenvalue weighted by Gasteiger charge is -2.27. The van der Waals surface area contributed by atoms with E-state index in [4.69, 9.17) is 0 Å². The highest BCUT2D eigenvalue weighted by atomic mass is 35.5. The maximum absolute atomic E-state index is 12.3. The van der Waals surface area contributed by atoms with Gasteiger partial charge in [0, 0.05) is 19.0 Å². The summed E-state index contributed by atoms with van der Waals surface area (Å²) in [5.74, 6) is 2.67. The highest BCUT2D eigenvalue weighted by molar-refractivity contribution is 5.85. The summed E-state index contributed by atoms with van der Waals surface area (Å²) in [7, 11) is 0. The predicted octanol–water partition coefficient (Wildman–Crippen LogP) is 3.24. The fourth-order valence-electron chi connectivity index (χ4n) is 4.93. The third kappa shape index (κ3) is 3.56. The molecule has 1 heterocycles. The van der Waals surface area contributed by atoms with Crippen molar-refractivity contribution in [3.63, 3.8) is 0 Å². The second-order valence-corrected chi connectivity index (χ2v) is 7.40. The van der Waals surface area contributed by atoms with Crippen LogP contribution < -0.4 is 10.6 Å². The number of benzene rings is 1. The lowest BCUT2D eigenvalue weighted by Crippen LogP contribution is -2.39. The molecule has 0 radical (unpaired) electrons. The zero-order valence-corrected chi connectivity index (χ0v) is 14.4. The molecular formula is C19H27ClN2O. The van der Waals surface area contributed by atoms with E-state index in [0.717, 1.165) is 37.8 Å². The van der Waals surface area contributed by atoms with Gasteiger partial charge in [-0.15, -0.1) is 12.4 Å². The Morgan fingerprint density at radius 2 is 2.09 bits per heavy atom. The van der Waals surface area contributed by atoms with E-state index in [9.17, 15) is 4.79 Å². The topological polar surface area (TPSA) is 41.1 Å². The van der Waals surface area contributed by atoms with Gasteiger partial charge >= 0.3 is 0 Å². The first kappa shape index (κ1) is 16.8. The molecule has 23 heavy (non-hydrogen) atoms. The summed E-state index contributed by atoms with van der Waals surface area (Å²) in [6, 6.07) is 8.87. The molecular weight excluding hydrogens is 308 g/mol. The van der Waals surface area contributed by atoms with Crippen LogP contribution in [0.4, 0.5) is 0 Å². The van der Waals surface area contributed by atoms with Gasteiger partial charge in [-0.2, -0.15) is 0 Å². The fourth-order valence-corrected chi connectivity index (χ4v) is 4.93. The Morgan fingerprint density at radius 3 is 2.87 bits per heavy atom. The Morgan fingerprint density at radius 1 is 1.22 bits per heavy atom. The molecule has 4 heteroatoms. The van der Waals surface area contributed by atoms with Crippen LogP contribution >= 0.6 is 12.4 Å². The second kappa shape index (κ2) is 7.23. The molecule has 4 unspecified atom stereocenters. The maximum atomic E-state index is 12.3. The summed E-state index contributed by atoms with van der Waals surface area (Å²) < 4.78 is 0. The first-order chi connectivity index (χ1) is 10.8. The van der Waals surface area contributed by atoms with Gasteiger partial charge < -0.3 is 10.6 Å². The van der Waals surface area contributed by atoms with Crippen molar-refractivity contribution in [1.29, 1.82) is 0 Å². The summed E-state index contributed by atoms with van der Waals surface area (Å²) >= 11 is 0. The summed E-state index contributed by atoms with van der Waals surface area (Å²) in [6.45, 7) is 1.72. The molecule has 1 aromatic rings. The van der Waals surface area contributed by atoms with E-state index < -0.39 is 0 Å². The number of rotatable bonds is 4. The van der Waals surface area contributed by atoms with Crippen molar-refractivity contribution in [3.8, 4) is 0 Å². The van der Waals surface area contributed by atoms with Crippen LogP contribution in [0.2, 0.25) is 0 Å². The SMILES string of the molecule is Cl.O=C(CC1CC2CCC1C2)NCC1NCCc2ccccc21. The summed E-state index contributed by atoms with van der Waals surface area (Å²) in [6.07, 6.45) is 7.28. The molecule has 2 aliphatic carbocycles. The number of hydrogen-bond donors (Lipinski definition) is 2. The van der Waals surface area contributed by atoms with Gasteiger partial charge in [0.05, 0.1) is 0 Å². The molecule has 126 valence electrons. The van der Waals surface area contributed by atoms with Crippen molar-refractivity contribution < 1.29 is 4.79 Å². The van der Waals surface area contributed by atoms with Crippen molar-refractivity contribution in [2.75, 3.05) is 13.1 Å². The molecule has 1 amide bonds. The van der Waals surface area contributed by atoms with Gasteiger partial charge in [0.1, 0.15) is 0 Å². The molecule has 4 atom stereocenters. The minimum atomic E-state index is 0. The fraction of sp³-hybridized carbons (Fsp3) is 0.632. The standard InChI is InChI=1S/C19H26N2O.ClH/c22-19(11-16-10-13-5-6-15(16)9-13)21-12-18-17-4-2-1-3-14(17)7-8-20-18;/h1-4,13,15-16,18,20H,5-12H2,(H,21,22);1H. The monoisotopic (exact) mass is 334 g/mol. The molecule has 2 N–H and O–H groups in total. The van der Waals surface area contributed by atoms with Gasteiger partial charge in [-0.05, 0) is 61.1 Å². The first-order valence-electron chi connectivity index (χ1n) is 8.87. The highest BCUT2D eigenvalue weighted by Crippen LogP contribution is 2.49. The van der Waals surface area contributed by atoms with Crippen LogP contribution in [0.1, 0.15) is 49.3 Å². The van der Waals surface area contributed by atoms with Crippen molar-refractivity contribution >= 4 is 18.3 Å². The number of carbonyl (C=O) groups excluding carboxylic acids is 1. The Bertz CT molecular complexity index is 562. The molecule has 2 saturated carbocycles. The highest BCUT2D eigenvalue weighted by Gasteiger charge is 2.40. The average Bonchev–Trinajstić information content (AvgIpc) is 3.15. The van der Waals surface area contributed by atoms with Crippen LogP contribution in [0.5, 0.6) is 0 Å². The van der Waals surface area contributed by atoms with E-state index in [1.54, 1.807) is 0 Å². The van der Waals surface area contributed by atoms with Gasteiger partial charge in [-0.3, -0.25) is 4.79 Å². The third-order valence-corrected chi connectivity index (χ3v) is 6.05. The zero-order chi connectivity index (χ0) is 14.9. The Balaban J connectivity index is 0.00000156. The molecule has 3 nitrogen and oxygen atoms in total. The lowest BCUT2D eigenvalue weighted by atomic mass is 9.86. The number of hydrogen-bond acceptors (Lipinski definition) is 2. The smallest absolute Gasteiger partial charge is 0.220 e. The van der Waals surface area contributed by atoms with Crippen LogP contribution in [0.25, 0.3) is 0 Å². The number of halogens is 1. The predicted molar refractivity (Wildman–Crippen MR) is 94.7 cm³/mol. The van der Waals surface area contributed by atoms with E-state index in [2.05, 4.69) is 34.9 Å². The maximum Gasteiger partial charge on any atom is 0.220 e. The first-order valence-corrected chi connectivity index (χ1v) is 8.87. The van der Waals surface area contributed by atoms with E-state index in [0.29, 0.717) is 5.92 Å². The molecule has 0 saturated heterocycles. The average molecular weight is 335 g/mol. The Hall–Kier alpha value is -1.06. The number of fused-ring (bicyclic) bond motifs is 3. The van der Waals surface area contributed by atoms with Crippen molar-refractivity contribution in [2.45, 2.75) is 44.6 Å². The van der Waals surface area contributed by atoms with E-state index in [1.165, 1.54) is 36.8 Å². The van der Waals surface area contributed by atoms with E-state index in [-0.39, 0.29) is 24.4 Å². The van der Waals surface area contributed by atoms with Gasteiger partial charge in [-0.1, -0.05) is 30.7 Å². The molecule has 1 aliphatic heterocycles. The van der Waals surface area contributed by atoms with Gasteiger partial charge in [0.15, 0.2) is 0 Å². The molecule has 4 rings (SSSR count). The molecule has 0 spiro atoms. The molecule has 2 fully saturated rings. The quantitative estimate of drug-likeness (QED) is 0.887. The van der Waals surface area contributed by atoms with Crippen LogP contribution in [0.15, 0.2) is 24.3 Å². The molecule has 0 aromatic heterocycles. The lowest BCUT2D eigenvalue weighted by molar-refractivity contribution is -0.122. The zero-order valence-electron chi connectivity index (χ0n) is 13.6.